The lowest BCUT2D eigenvalue weighted by Crippen LogP contribution is -2.30. The number of nitrogens with zero attached hydrogens (tertiary/aromatic N) is 4. The van der Waals surface area contributed by atoms with Crippen LogP contribution in [0.1, 0.15) is 26.0 Å². The van der Waals surface area contributed by atoms with E-state index in [0.717, 1.165) is 28.8 Å². The monoisotopic (exact) mass is 268 g/mol. The fraction of sp³-hybridized carbons (Fsp3) is 0.438. The molecule has 4 nitrogen and oxygen atoms in total. The zero-order chi connectivity index (χ0) is 14.5. The van der Waals surface area contributed by atoms with Gasteiger partial charge in [0.25, 0.3) is 0 Å². The molecule has 0 saturated heterocycles. The van der Waals surface area contributed by atoms with E-state index >= 15 is 0 Å². The standard InChI is InChI=1S/C16H20N4/c1-12(2)11-20(10-6-9-17)16-15-8-5-4-7-14(15)13(3)18-19-16/h4-5,7-8,12H,6,10-11H2,1-3H3. The Morgan fingerprint density at radius 1 is 1.20 bits per heavy atom. The van der Waals surface area contributed by atoms with Gasteiger partial charge in [-0.15, -0.1) is 5.10 Å². The summed E-state index contributed by atoms with van der Waals surface area (Å²) in [5.41, 5.74) is 0.939. The molecule has 2 aromatic rings. The maximum Gasteiger partial charge on any atom is 0.159 e. The minimum Gasteiger partial charge on any atom is -0.353 e. The van der Waals surface area contributed by atoms with E-state index in [1.165, 1.54) is 0 Å². The Morgan fingerprint density at radius 2 is 1.90 bits per heavy atom. The molecular formula is C16H20N4. The summed E-state index contributed by atoms with van der Waals surface area (Å²) < 4.78 is 0. The normalized spacial score (nSPS) is 10.8. The third-order valence-electron chi connectivity index (χ3n) is 3.23. The van der Waals surface area contributed by atoms with Gasteiger partial charge in [0.1, 0.15) is 0 Å². The number of fused-ring (bicyclic) bond motifs is 1. The van der Waals surface area contributed by atoms with E-state index < -0.39 is 0 Å². The molecule has 0 N–H and O–H groups in total. The lowest BCUT2D eigenvalue weighted by atomic mass is 10.1. The van der Waals surface area contributed by atoms with E-state index in [4.69, 9.17) is 5.26 Å². The van der Waals surface area contributed by atoms with Gasteiger partial charge in [0.15, 0.2) is 5.82 Å². The molecule has 0 bridgehead atoms. The first-order valence-electron chi connectivity index (χ1n) is 6.97. The van der Waals surface area contributed by atoms with Crippen LogP contribution in [0.4, 0.5) is 5.82 Å². The third kappa shape index (κ3) is 3.05. The van der Waals surface area contributed by atoms with Gasteiger partial charge >= 0.3 is 0 Å². The average molecular weight is 268 g/mol. The van der Waals surface area contributed by atoms with Crippen LogP contribution in [0.2, 0.25) is 0 Å². The van der Waals surface area contributed by atoms with Crippen molar-refractivity contribution in [1.29, 1.82) is 5.26 Å². The van der Waals surface area contributed by atoms with Crippen molar-refractivity contribution in [3.05, 3.63) is 30.0 Å². The lowest BCUT2D eigenvalue weighted by Gasteiger charge is -2.25. The van der Waals surface area contributed by atoms with E-state index in [1.807, 2.05) is 19.1 Å². The van der Waals surface area contributed by atoms with E-state index in [0.29, 0.717) is 18.9 Å². The quantitative estimate of drug-likeness (QED) is 0.834. The topological polar surface area (TPSA) is 52.8 Å². The first kappa shape index (κ1) is 14.3. The molecule has 104 valence electrons. The van der Waals surface area contributed by atoms with Crippen LogP contribution in [0.25, 0.3) is 10.8 Å². The summed E-state index contributed by atoms with van der Waals surface area (Å²) in [5, 5.41) is 19.7. The Balaban J connectivity index is 2.47. The van der Waals surface area contributed by atoms with Crippen LogP contribution in [0, 0.1) is 24.2 Å². The second-order valence-electron chi connectivity index (χ2n) is 5.40. The van der Waals surface area contributed by atoms with E-state index in [1.54, 1.807) is 0 Å². The van der Waals surface area contributed by atoms with Crippen molar-refractivity contribution in [2.75, 3.05) is 18.0 Å². The van der Waals surface area contributed by atoms with Gasteiger partial charge in [-0.2, -0.15) is 10.4 Å². The summed E-state index contributed by atoms with van der Waals surface area (Å²) in [5.74, 6) is 1.39. The number of rotatable bonds is 5. The second-order valence-corrected chi connectivity index (χ2v) is 5.40. The van der Waals surface area contributed by atoms with Gasteiger partial charge in [-0.1, -0.05) is 38.1 Å². The number of hydrogen-bond donors (Lipinski definition) is 0. The van der Waals surface area contributed by atoms with Gasteiger partial charge in [0.05, 0.1) is 18.2 Å². The van der Waals surface area contributed by atoms with Gasteiger partial charge < -0.3 is 4.90 Å². The first-order valence-corrected chi connectivity index (χ1v) is 6.97. The summed E-state index contributed by atoms with van der Waals surface area (Å²) in [4.78, 5) is 2.17. The van der Waals surface area contributed by atoms with Crippen LogP contribution in [-0.2, 0) is 0 Å². The SMILES string of the molecule is Cc1nnc(N(CCC#N)CC(C)C)c2ccccc12. The summed E-state index contributed by atoms with van der Waals surface area (Å²) in [6.07, 6.45) is 0.497. The highest BCUT2D eigenvalue weighted by Crippen LogP contribution is 2.26. The molecule has 1 aromatic carbocycles. The predicted octanol–water partition coefficient (Wildman–Crippen LogP) is 3.31. The molecule has 0 fully saturated rings. The molecule has 0 aliphatic carbocycles. The van der Waals surface area contributed by atoms with Gasteiger partial charge in [-0.3, -0.25) is 0 Å². The van der Waals surface area contributed by atoms with Crippen molar-refractivity contribution >= 4 is 16.6 Å². The molecule has 1 heterocycles. The zero-order valence-corrected chi connectivity index (χ0v) is 12.3. The highest BCUT2D eigenvalue weighted by atomic mass is 15.3. The Labute approximate surface area is 120 Å². The maximum atomic E-state index is 8.84. The highest BCUT2D eigenvalue weighted by Gasteiger charge is 2.14. The molecule has 4 heteroatoms. The summed E-state index contributed by atoms with van der Waals surface area (Å²) in [6, 6.07) is 10.4. The number of nitriles is 1. The van der Waals surface area contributed by atoms with E-state index in [-0.39, 0.29) is 0 Å². The molecule has 0 spiro atoms. The molecule has 1 aromatic heterocycles. The largest absolute Gasteiger partial charge is 0.353 e. The molecule has 0 atom stereocenters. The third-order valence-corrected chi connectivity index (χ3v) is 3.23. The number of anilines is 1. The Bertz CT molecular complexity index is 628. The number of benzene rings is 1. The smallest absolute Gasteiger partial charge is 0.159 e. The number of hydrogen-bond acceptors (Lipinski definition) is 4. The molecule has 20 heavy (non-hydrogen) atoms. The van der Waals surface area contributed by atoms with Gasteiger partial charge in [0, 0.05) is 23.9 Å². The van der Waals surface area contributed by atoms with Gasteiger partial charge in [-0.25, -0.2) is 0 Å². The maximum absolute atomic E-state index is 8.84. The van der Waals surface area contributed by atoms with E-state index in [2.05, 4.69) is 47.1 Å². The summed E-state index contributed by atoms with van der Waals surface area (Å²) in [7, 11) is 0. The van der Waals surface area contributed by atoms with E-state index in [9.17, 15) is 0 Å². The van der Waals surface area contributed by atoms with Crippen LogP contribution in [0.15, 0.2) is 24.3 Å². The molecule has 0 amide bonds. The molecule has 0 saturated carbocycles. The molecule has 0 aliphatic rings. The number of aryl methyl sites for hydroxylation is 1. The Hall–Kier alpha value is -2.15. The zero-order valence-electron chi connectivity index (χ0n) is 12.3. The molecule has 0 unspecified atom stereocenters. The van der Waals surface area contributed by atoms with Crippen LogP contribution in [0.3, 0.4) is 0 Å². The van der Waals surface area contributed by atoms with Crippen molar-refractivity contribution in [2.24, 2.45) is 5.92 Å². The lowest BCUT2D eigenvalue weighted by molar-refractivity contribution is 0.606. The molecular weight excluding hydrogens is 248 g/mol. The van der Waals surface area contributed by atoms with Crippen LogP contribution < -0.4 is 4.90 Å². The van der Waals surface area contributed by atoms with Crippen molar-refractivity contribution < 1.29 is 0 Å². The van der Waals surface area contributed by atoms with Crippen LogP contribution >= 0.6 is 0 Å². The fourth-order valence-corrected chi connectivity index (χ4v) is 2.37. The molecule has 2 rings (SSSR count). The average Bonchev–Trinajstić information content (AvgIpc) is 2.44. The van der Waals surface area contributed by atoms with Crippen molar-refractivity contribution in [2.45, 2.75) is 27.2 Å². The first-order chi connectivity index (χ1) is 9.63. The Kier molecular flexibility index (Phi) is 4.52. The van der Waals surface area contributed by atoms with Crippen LogP contribution in [-0.4, -0.2) is 23.3 Å². The Morgan fingerprint density at radius 3 is 2.55 bits per heavy atom. The highest BCUT2D eigenvalue weighted by molar-refractivity contribution is 5.93. The molecule has 0 aliphatic heterocycles. The van der Waals surface area contributed by atoms with Crippen LogP contribution in [0.5, 0.6) is 0 Å². The fourth-order valence-electron chi connectivity index (χ4n) is 2.37. The summed E-state index contributed by atoms with van der Waals surface area (Å²) >= 11 is 0. The van der Waals surface area contributed by atoms with Crippen molar-refractivity contribution in [3.63, 3.8) is 0 Å². The van der Waals surface area contributed by atoms with Gasteiger partial charge in [0.2, 0.25) is 0 Å². The van der Waals surface area contributed by atoms with Crippen molar-refractivity contribution in [1.82, 2.24) is 10.2 Å². The minimum absolute atomic E-state index is 0.497. The molecule has 0 radical (unpaired) electrons. The minimum atomic E-state index is 0.497. The van der Waals surface area contributed by atoms with Gasteiger partial charge in [-0.05, 0) is 12.8 Å². The predicted molar refractivity (Wildman–Crippen MR) is 81.6 cm³/mol. The van der Waals surface area contributed by atoms with Crippen molar-refractivity contribution in [3.8, 4) is 6.07 Å². The second kappa shape index (κ2) is 6.33. The summed E-state index contributed by atoms with van der Waals surface area (Å²) in [6.45, 7) is 7.88. The number of aromatic nitrogens is 2.